The van der Waals surface area contributed by atoms with Gasteiger partial charge in [0.25, 0.3) is 5.91 Å². The minimum atomic E-state index is -3.79. The van der Waals surface area contributed by atoms with Crippen LogP contribution < -0.4 is 10.9 Å². The van der Waals surface area contributed by atoms with Crippen molar-refractivity contribution in [2.24, 2.45) is 10.9 Å². The third kappa shape index (κ3) is 4.60. The minimum absolute atomic E-state index is 0.0123. The number of sulfonamides is 1. The molecule has 0 atom stereocenters. The number of primary sulfonamides is 1. The third-order valence-corrected chi connectivity index (χ3v) is 7.66. The van der Waals surface area contributed by atoms with E-state index in [1.165, 1.54) is 12.1 Å². The van der Waals surface area contributed by atoms with Crippen LogP contribution >= 0.6 is 0 Å². The fraction of sp³-hybridized carbons (Fsp3) is 0.222. The van der Waals surface area contributed by atoms with Crippen molar-refractivity contribution in [2.45, 2.75) is 30.7 Å². The summed E-state index contributed by atoms with van der Waals surface area (Å²) in [6.07, 6.45) is 3.37. The van der Waals surface area contributed by atoms with Gasteiger partial charge in [-0.25, -0.2) is 13.6 Å². The molecule has 8 heteroatoms. The number of piperidine rings is 1. The van der Waals surface area contributed by atoms with Crippen LogP contribution in [0.15, 0.2) is 71.8 Å². The van der Waals surface area contributed by atoms with Gasteiger partial charge >= 0.3 is 0 Å². The fourth-order valence-electron chi connectivity index (χ4n) is 4.65. The number of likely N-dealkylation sites (tertiary alicyclic amines) is 1. The molecule has 1 aromatic heterocycles. The van der Waals surface area contributed by atoms with Gasteiger partial charge < -0.3 is 15.6 Å². The van der Waals surface area contributed by atoms with Crippen molar-refractivity contribution in [3.05, 3.63) is 78.0 Å². The number of carbonyl (C=O) groups excluding carboxylic acids is 1. The first kappa shape index (κ1) is 23.3. The highest BCUT2D eigenvalue weighted by atomic mass is 32.2. The Morgan fingerprint density at radius 3 is 2.11 bits per heavy atom. The molecular weight excluding hydrogens is 460 g/mol. The molecule has 1 saturated heterocycles. The molecule has 0 radical (unpaired) electrons. The molecule has 7 nitrogen and oxygen atoms in total. The largest absolute Gasteiger partial charge is 0.360 e. The topological polar surface area (TPSA) is 122 Å². The normalized spacial score (nSPS) is 15.0. The molecule has 1 aliphatic rings. The standard InChI is InChI=1S/C27H28N4O3S/c1-17-2-4-18(5-3-17)23-15-26-24(14-22(23)19-6-8-21(9-7-19)35(29,33)34)25(16-30-26)27(32)31-12-10-20(28)11-13-31/h2-9,14-16,20,30H,10-13,28H2,1H3,(H2,29,33,34). The number of benzene rings is 3. The predicted molar refractivity (Wildman–Crippen MR) is 138 cm³/mol. The Morgan fingerprint density at radius 2 is 1.51 bits per heavy atom. The van der Waals surface area contributed by atoms with Crippen LogP contribution in [0.2, 0.25) is 0 Å². The van der Waals surface area contributed by atoms with Crippen molar-refractivity contribution >= 4 is 26.8 Å². The Balaban J connectivity index is 1.65. The van der Waals surface area contributed by atoms with Crippen LogP contribution in [0.4, 0.5) is 0 Å². The van der Waals surface area contributed by atoms with Crippen LogP contribution in [0.3, 0.4) is 0 Å². The number of nitrogens with zero attached hydrogens (tertiary/aromatic N) is 1. The van der Waals surface area contributed by atoms with E-state index in [9.17, 15) is 13.2 Å². The van der Waals surface area contributed by atoms with Crippen LogP contribution in [0.25, 0.3) is 33.2 Å². The molecule has 1 amide bonds. The van der Waals surface area contributed by atoms with Gasteiger partial charge in [-0.2, -0.15) is 0 Å². The van der Waals surface area contributed by atoms with Crippen molar-refractivity contribution in [3.8, 4) is 22.3 Å². The van der Waals surface area contributed by atoms with Gasteiger partial charge in [0.15, 0.2) is 0 Å². The molecule has 5 N–H and O–H groups in total. The molecule has 0 spiro atoms. The number of aromatic nitrogens is 1. The van der Waals surface area contributed by atoms with Crippen LogP contribution in [0.5, 0.6) is 0 Å². The lowest BCUT2D eigenvalue weighted by Gasteiger charge is -2.30. The van der Waals surface area contributed by atoms with E-state index >= 15 is 0 Å². The molecule has 4 aromatic rings. The Kier molecular flexibility index (Phi) is 5.96. The van der Waals surface area contributed by atoms with E-state index in [2.05, 4.69) is 29.2 Å². The zero-order chi connectivity index (χ0) is 24.7. The Hall–Kier alpha value is -3.46. The summed E-state index contributed by atoms with van der Waals surface area (Å²) in [4.78, 5) is 18.6. The quantitative estimate of drug-likeness (QED) is 0.401. The lowest BCUT2D eigenvalue weighted by atomic mass is 9.92. The molecule has 180 valence electrons. The van der Waals surface area contributed by atoms with E-state index in [0.717, 1.165) is 51.6 Å². The summed E-state index contributed by atoms with van der Waals surface area (Å²) >= 11 is 0. The second kappa shape index (κ2) is 8.96. The number of hydrogen-bond acceptors (Lipinski definition) is 4. The second-order valence-corrected chi connectivity index (χ2v) is 10.8. The first-order chi connectivity index (χ1) is 16.7. The lowest BCUT2D eigenvalue weighted by Crippen LogP contribution is -2.42. The van der Waals surface area contributed by atoms with Crippen LogP contribution in [0.1, 0.15) is 28.8 Å². The molecular formula is C27H28N4O3S. The Morgan fingerprint density at radius 1 is 0.943 bits per heavy atom. The summed E-state index contributed by atoms with van der Waals surface area (Å²) in [5.74, 6) is -0.0123. The lowest BCUT2D eigenvalue weighted by molar-refractivity contribution is 0.0717. The van der Waals surface area contributed by atoms with Gasteiger partial charge in [0.1, 0.15) is 0 Å². The van der Waals surface area contributed by atoms with Gasteiger partial charge in [0, 0.05) is 36.2 Å². The van der Waals surface area contributed by atoms with E-state index < -0.39 is 10.0 Å². The highest BCUT2D eigenvalue weighted by molar-refractivity contribution is 7.89. The van der Waals surface area contributed by atoms with E-state index in [1.54, 1.807) is 18.3 Å². The first-order valence-electron chi connectivity index (χ1n) is 11.6. The number of nitrogens with one attached hydrogen (secondary N) is 1. The number of fused-ring (bicyclic) bond motifs is 1. The maximum absolute atomic E-state index is 13.4. The number of carbonyl (C=O) groups is 1. The number of hydrogen-bond donors (Lipinski definition) is 3. The molecule has 0 unspecified atom stereocenters. The number of nitrogens with two attached hydrogens (primary N) is 2. The molecule has 5 rings (SSSR count). The van der Waals surface area contributed by atoms with Crippen LogP contribution in [0, 0.1) is 6.92 Å². The predicted octanol–water partition coefficient (Wildman–Crippen LogP) is 4.02. The summed E-state index contributed by atoms with van der Waals surface area (Å²) in [5.41, 5.74) is 12.4. The first-order valence-corrected chi connectivity index (χ1v) is 13.2. The summed E-state index contributed by atoms with van der Waals surface area (Å²) < 4.78 is 23.5. The summed E-state index contributed by atoms with van der Waals surface area (Å²) in [7, 11) is -3.79. The Bertz CT molecular complexity index is 1500. The molecule has 1 fully saturated rings. The van der Waals surface area contributed by atoms with Crippen LogP contribution in [-0.4, -0.2) is 43.3 Å². The van der Waals surface area contributed by atoms with Gasteiger partial charge in [0.2, 0.25) is 10.0 Å². The average molecular weight is 489 g/mol. The maximum Gasteiger partial charge on any atom is 0.256 e. The zero-order valence-electron chi connectivity index (χ0n) is 19.5. The second-order valence-electron chi connectivity index (χ2n) is 9.21. The van der Waals surface area contributed by atoms with Crippen molar-refractivity contribution in [1.29, 1.82) is 0 Å². The summed E-state index contributed by atoms with van der Waals surface area (Å²) in [6.45, 7) is 3.34. The van der Waals surface area contributed by atoms with E-state index in [1.807, 2.05) is 24.0 Å². The van der Waals surface area contributed by atoms with Crippen molar-refractivity contribution in [1.82, 2.24) is 9.88 Å². The average Bonchev–Trinajstić information content (AvgIpc) is 3.26. The minimum Gasteiger partial charge on any atom is -0.360 e. The zero-order valence-corrected chi connectivity index (χ0v) is 20.3. The monoisotopic (exact) mass is 488 g/mol. The number of aromatic amines is 1. The van der Waals surface area contributed by atoms with Gasteiger partial charge in [-0.15, -0.1) is 0 Å². The van der Waals surface area contributed by atoms with Gasteiger partial charge in [0.05, 0.1) is 10.5 Å². The third-order valence-electron chi connectivity index (χ3n) is 6.73. The number of aryl methyl sites for hydroxylation is 1. The number of rotatable bonds is 4. The molecule has 1 aliphatic heterocycles. The van der Waals surface area contributed by atoms with E-state index in [-0.39, 0.29) is 16.8 Å². The van der Waals surface area contributed by atoms with E-state index in [4.69, 9.17) is 10.9 Å². The maximum atomic E-state index is 13.4. The SMILES string of the molecule is Cc1ccc(-c2cc3[nH]cc(C(=O)N4CCC(N)CC4)c3cc2-c2ccc(S(N)(=O)=O)cc2)cc1. The molecule has 0 bridgehead atoms. The smallest absolute Gasteiger partial charge is 0.256 e. The van der Waals surface area contributed by atoms with Gasteiger partial charge in [-0.05, 0) is 66.3 Å². The number of H-pyrrole nitrogens is 1. The Labute approximate surface area is 204 Å². The molecule has 35 heavy (non-hydrogen) atoms. The van der Waals surface area contributed by atoms with Gasteiger partial charge in [-0.3, -0.25) is 4.79 Å². The molecule has 2 heterocycles. The number of amides is 1. The van der Waals surface area contributed by atoms with Crippen molar-refractivity contribution < 1.29 is 13.2 Å². The van der Waals surface area contributed by atoms with Crippen molar-refractivity contribution in [3.63, 3.8) is 0 Å². The van der Waals surface area contributed by atoms with E-state index in [0.29, 0.717) is 18.7 Å². The summed E-state index contributed by atoms with van der Waals surface area (Å²) in [5, 5.41) is 6.12. The fourth-order valence-corrected chi connectivity index (χ4v) is 5.17. The summed E-state index contributed by atoms with van der Waals surface area (Å²) in [6, 6.07) is 18.9. The van der Waals surface area contributed by atoms with Gasteiger partial charge in [-0.1, -0.05) is 42.0 Å². The highest BCUT2D eigenvalue weighted by Crippen LogP contribution is 2.37. The molecule has 0 aliphatic carbocycles. The van der Waals surface area contributed by atoms with Crippen molar-refractivity contribution in [2.75, 3.05) is 13.1 Å². The molecule has 0 saturated carbocycles. The molecule has 3 aromatic carbocycles. The highest BCUT2D eigenvalue weighted by Gasteiger charge is 2.24. The van der Waals surface area contributed by atoms with Crippen LogP contribution in [-0.2, 0) is 10.0 Å².